The summed E-state index contributed by atoms with van der Waals surface area (Å²) >= 11 is 0. The molecule has 0 bridgehead atoms. The summed E-state index contributed by atoms with van der Waals surface area (Å²) in [6.45, 7) is 3.98. The van der Waals surface area contributed by atoms with Gasteiger partial charge in [0.05, 0.1) is 16.8 Å². The number of hydrogen-bond donors (Lipinski definition) is 2. The lowest BCUT2D eigenvalue weighted by molar-refractivity contribution is 0.593. The Labute approximate surface area is 116 Å². The van der Waals surface area contributed by atoms with Crippen LogP contribution in [0.2, 0.25) is 0 Å². The molecule has 1 heterocycles. The van der Waals surface area contributed by atoms with Crippen LogP contribution < -0.4 is 10.5 Å². The summed E-state index contributed by atoms with van der Waals surface area (Å²) in [5, 5.41) is 3.95. The Morgan fingerprint density at radius 1 is 1.45 bits per heavy atom. The molecule has 108 valence electrons. The minimum atomic E-state index is -3.89. The first-order chi connectivity index (χ1) is 9.33. The Morgan fingerprint density at radius 3 is 2.70 bits per heavy atom. The maximum Gasteiger partial charge on any atom is 0.262 e. The third-order valence-corrected chi connectivity index (χ3v) is 4.24. The number of benzene rings is 1. The van der Waals surface area contributed by atoms with Gasteiger partial charge >= 0.3 is 0 Å². The van der Waals surface area contributed by atoms with E-state index in [2.05, 4.69) is 9.82 Å². The third-order valence-electron chi connectivity index (χ3n) is 2.88. The molecule has 1 aromatic carbocycles. The Bertz CT molecular complexity index is 717. The number of sulfonamides is 1. The highest BCUT2D eigenvalue weighted by Gasteiger charge is 2.18. The van der Waals surface area contributed by atoms with Crippen LogP contribution in [0, 0.1) is 12.7 Å². The molecule has 0 saturated heterocycles. The zero-order valence-corrected chi connectivity index (χ0v) is 11.9. The average molecular weight is 298 g/mol. The van der Waals surface area contributed by atoms with E-state index in [9.17, 15) is 12.8 Å². The zero-order valence-electron chi connectivity index (χ0n) is 11.1. The van der Waals surface area contributed by atoms with Gasteiger partial charge in [-0.3, -0.25) is 9.40 Å². The third kappa shape index (κ3) is 2.74. The van der Waals surface area contributed by atoms with Crippen LogP contribution >= 0.6 is 0 Å². The molecule has 8 heteroatoms. The van der Waals surface area contributed by atoms with Crippen molar-refractivity contribution < 1.29 is 12.8 Å². The van der Waals surface area contributed by atoms with Crippen molar-refractivity contribution in [3.63, 3.8) is 0 Å². The number of nitrogen functional groups attached to an aromatic ring is 1. The van der Waals surface area contributed by atoms with Gasteiger partial charge in [-0.1, -0.05) is 0 Å². The average Bonchev–Trinajstić information content (AvgIpc) is 2.82. The molecule has 0 atom stereocenters. The molecule has 0 saturated carbocycles. The lowest BCUT2D eigenvalue weighted by atomic mass is 10.2. The molecule has 0 unspecified atom stereocenters. The fraction of sp³-hybridized carbons (Fsp3) is 0.250. The quantitative estimate of drug-likeness (QED) is 0.841. The van der Waals surface area contributed by atoms with Crippen LogP contribution in [0.15, 0.2) is 29.4 Å². The molecule has 0 spiro atoms. The number of nitrogens with two attached hydrogens (primary N) is 1. The van der Waals surface area contributed by atoms with Crippen molar-refractivity contribution in [2.75, 3.05) is 10.5 Å². The highest BCUT2D eigenvalue weighted by Crippen LogP contribution is 2.22. The zero-order chi connectivity index (χ0) is 14.9. The summed E-state index contributed by atoms with van der Waals surface area (Å²) in [6.07, 6.45) is 2.93. The SMILES string of the molecule is CCn1cc(NS(=O)(=O)c2cc(N)c(C)c(F)c2)cn1. The summed E-state index contributed by atoms with van der Waals surface area (Å²) in [5.74, 6) is -0.658. The molecule has 0 aliphatic heterocycles. The van der Waals surface area contributed by atoms with E-state index in [1.54, 1.807) is 10.9 Å². The first-order valence-electron chi connectivity index (χ1n) is 5.94. The fourth-order valence-electron chi connectivity index (χ4n) is 1.63. The van der Waals surface area contributed by atoms with E-state index in [1.807, 2.05) is 6.92 Å². The molecule has 2 rings (SSSR count). The van der Waals surface area contributed by atoms with Gasteiger partial charge in [-0.25, -0.2) is 12.8 Å². The topological polar surface area (TPSA) is 90.0 Å². The Hall–Kier alpha value is -2.09. The second-order valence-corrected chi connectivity index (χ2v) is 5.99. The maximum absolute atomic E-state index is 13.6. The van der Waals surface area contributed by atoms with E-state index in [4.69, 9.17) is 5.73 Å². The first kappa shape index (κ1) is 14.3. The van der Waals surface area contributed by atoms with Gasteiger partial charge in [0.25, 0.3) is 10.0 Å². The van der Waals surface area contributed by atoms with Crippen molar-refractivity contribution in [1.29, 1.82) is 0 Å². The Morgan fingerprint density at radius 2 is 2.15 bits per heavy atom. The van der Waals surface area contributed by atoms with Gasteiger partial charge in [-0.05, 0) is 26.0 Å². The van der Waals surface area contributed by atoms with E-state index in [0.717, 1.165) is 6.07 Å². The van der Waals surface area contributed by atoms with Gasteiger partial charge in [0.1, 0.15) is 5.82 Å². The van der Waals surface area contributed by atoms with Crippen molar-refractivity contribution in [3.05, 3.63) is 35.9 Å². The molecule has 0 aliphatic rings. The van der Waals surface area contributed by atoms with Crippen LogP contribution in [0.25, 0.3) is 0 Å². The van der Waals surface area contributed by atoms with E-state index < -0.39 is 15.8 Å². The number of nitrogens with one attached hydrogen (secondary N) is 1. The van der Waals surface area contributed by atoms with Crippen LogP contribution in [-0.4, -0.2) is 18.2 Å². The predicted octanol–water partition coefficient (Wildman–Crippen LogP) is 1.73. The van der Waals surface area contributed by atoms with Crippen LogP contribution in [0.3, 0.4) is 0 Å². The molecule has 0 aliphatic carbocycles. The van der Waals surface area contributed by atoms with Crippen molar-refractivity contribution in [3.8, 4) is 0 Å². The lowest BCUT2D eigenvalue weighted by Crippen LogP contribution is -2.13. The standard InChI is InChI=1S/C12H15FN4O2S/c1-3-17-7-9(6-15-17)16-20(18,19)10-4-11(13)8(2)12(14)5-10/h4-7,16H,3,14H2,1-2H3. The molecule has 0 amide bonds. The maximum atomic E-state index is 13.6. The van der Waals surface area contributed by atoms with Crippen molar-refractivity contribution in [2.24, 2.45) is 0 Å². The summed E-state index contributed by atoms with van der Waals surface area (Å²) in [4.78, 5) is -0.220. The van der Waals surface area contributed by atoms with E-state index in [1.165, 1.54) is 19.2 Å². The van der Waals surface area contributed by atoms with Crippen molar-refractivity contribution in [2.45, 2.75) is 25.3 Å². The van der Waals surface area contributed by atoms with Gasteiger partial charge in [-0.15, -0.1) is 0 Å². The normalized spacial score (nSPS) is 11.6. The highest BCUT2D eigenvalue weighted by atomic mass is 32.2. The largest absolute Gasteiger partial charge is 0.398 e. The fourth-order valence-corrected chi connectivity index (χ4v) is 2.71. The number of rotatable bonds is 4. The summed E-state index contributed by atoms with van der Waals surface area (Å²) < 4.78 is 41.8. The van der Waals surface area contributed by atoms with Gasteiger partial charge < -0.3 is 5.73 Å². The second kappa shape index (κ2) is 5.12. The van der Waals surface area contributed by atoms with Gasteiger partial charge in [-0.2, -0.15) is 5.10 Å². The predicted molar refractivity (Wildman–Crippen MR) is 74.3 cm³/mol. The van der Waals surface area contributed by atoms with Gasteiger partial charge in [0.15, 0.2) is 0 Å². The minimum Gasteiger partial charge on any atom is -0.398 e. The van der Waals surface area contributed by atoms with E-state index in [-0.39, 0.29) is 16.1 Å². The number of hydrogen-bond acceptors (Lipinski definition) is 4. The first-order valence-corrected chi connectivity index (χ1v) is 7.42. The van der Waals surface area contributed by atoms with Crippen LogP contribution in [0.1, 0.15) is 12.5 Å². The lowest BCUT2D eigenvalue weighted by Gasteiger charge is -2.09. The number of halogens is 1. The highest BCUT2D eigenvalue weighted by molar-refractivity contribution is 7.92. The minimum absolute atomic E-state index is 0.0922. The second-order valence-electron chi connectivity index (χ2n) is 4.31. The monoisotopic (exact) mass is 298 g/mol. The molecular weight excluding hydrogens is 283 g/mol. The molecule has 3 N–H and O–H groups in total. The summed E-state index contributed by atoms with van der Waals surface area (Å²) in [7, 11) is -3.89. The Balaban J connectivity index is 2.35. The molecule has 1 aromatic heterocycles. The molecule has 20 heavy (non-hydrogen) atoms. The smallest absolute Gasteiger partial charge is 0.262 e. The Kier molecular flexibility index (Phi) is 3.67. The molecular formula is C12H15FN4O2S. The van der Waals surface area contributed by atoms with Crippen LogP contribution in [0.4, 0.5) is 15.8 Å². The number of aryl methyl sites for hydroxylation is 1. The van der Waals surface area contributed by atoms with E-state index >= 15 is 0 Å². The summed E-state index contributed by atoms with van der Waals surface area (Å²) in [6, 6.07) is 2.17. The van der Waals surface area contributed by atoms with Crippen LogP contribution in [0.5, 0.6) is 0 Å². The molecule has 2 aromatic rings. The van der Waals surface area contributed by atoms with Crippen LogP contribution in [-0.2, 0) is 16.6 Å². The number of anilines is 2. The molecule has 6 nitrogen and oxygen atoms in total. The van der Waals surface area contributed by atoms with Crippen molar-refractivity contribution in [1.82, 2.24) is 9.78 Å². The van der Waals surface area contributed by atoms with E-state index in [0.29, 0.717) is 12.2 Å². The molecule has 0 radical (unpaired) electrons. The number of aromatic nitrogens is 2. The number of nitrogens with zero attached hydrogens (tertiary/aromatic N) is 2. The van der Waals surface area contributed by atoms with Gasteiger partial charge in [0, 0.05) is 24.0 Å². The molecule has 0 fully saturated rings. The van der Waals surface area contributed by atoms with Gasteiger partial charge in [0.2, 0.25) is 0 Å². The summed E-state index contributed by atoms with van der Waals surface area (Å²) in [5.41, 5.74) is 6.22. The van der Waals surface area contributed by atoms with Crippen molar-refractivity contribution >= 4 is 21.4 Å².